The van der Waals surface area contributed by atoms with Gasteiger partial charge in [-0.25, -0.2) is 9.97 Å². The van der Waals surface area contributed by atoms with Crippen molar-refractivity contribution in [2.75, 3.05) is 22.5 Å². The fourth-order valence-corrected chi connectivity index (χ4v) is 3.11. The summed E-state index contributed by atoms with van der Waals surface area (Å²) < 4.78 is 37.9. The number of amides is 1. The third kappa shape index (κ3) is 6.13. The summed E-state index contributed by atoms with van der Waals surface area (Å²) in [5.74, 6) is -0.430. The Morgan fingerprint density at radius 1 is 1.22 bits per heavy atom. The van der Waals surface area contributed by atoms with Crippen molar-refractivity contribution >= 4 is 29.0 Å². The van der Waals surface area contributed by atoms with Crippen molar-refractivity contribution in [2.24, 2.45) is 0 Å². The van der Waals surface area contributed by atoms with Gasteiger partial charge in [0.1, 0.15) is 5.69 Å². The van der Waals surface area contributed by atoms with Crippen molar-refractivity contribution in [3.8, 4) is 0 Å². The number of nitrogens with one attached hydrogen (secondary N) is 1. The second-order valence-electron chi connectivity index (χ2n) is 5.99. The number of hydrogen-bond acceptors (Lipinski definition) is 5. The lowest BCUT2D eigenvalue weighted by Gasteiger charge is -2.27. The molecule has 9 heteroatoms. The lowest BCUT2D eigenvalue weighted by molar-refractivity contribution is -0.141. The first-order valence-electron chi connectivity index (χ1n) is 8.40. The first-order chi connectivity index (χ1) is 12.7. The van der Waals surface area contributed by atoms with Crippen LogP contribution in [0.1, 0.15) is 26.5 Å². The highest BCUT2D eigenvalue weighted by Gasteiger charge is 2.32. The molecule has 1 aromatic heterocycles. The van der Waals surface area contributed by atoms with Gasteiger partial charge in [-0.2, -0.15) is 13.2 Å². The number of halogens is 3. The van der Waals surface area contributed by atoms with Gasteiger partial charge in [0.05, 0.1) is 5.75 Å². The molecule has 0 saturated carbocycles. The van der Waals surface area contributed by atoms with Crippen molar-refractivity contribution in [1.82, 2.24) is 9.97 Å². The molecule has 0 fully saturated rings. The summed E-state index contributed by atoms with van der Waals surface area (Å²) in [5.41, 5.74) is 0.646. The van der Waals surface area contributed by atoms with Crippen LogP contribution in [0.3, 0.4) is 0 Å². The van der Waals surface area contributed by atoms with E-state index in [1.54, 1.807) is 12.1 Å². The summed E-state index contributed by atoms with van der Waals surface area (Å²) in [7, 11) is 0. The van der Waals surface area contributed by atoms with Crippen LogP contribution in [-0.4, -0.2) is 34.2 Å². The van der Waals surface area contributed by atoms with Crippen LogP contribution in [0.25, 0.3) is 0 Å². The van der Waals surface area contributed by atoms with Gasteiger partial charge >= 0.3 is 6.18 Å². The molecule has 146 valence electrons. The SMILES string of the molecule is CCN(c1ccc(NC(=O)CSc2nccc(C(F)(F)F)n2)cc1)C(C)C. The lowest BCUT2D eigenvalue weighted by atomic mass is 10.2. The Morgan fingerprint density at radius 3 is 2.44 bits per heavy atom. The minimum Gasteiger partial charge on any atom is -0.369 e. The molecule has 0 unspecified atom stereocenters. The number of carbonyl (C=O) groups is 1. The van der Waals surface area contributed by atoms with Crippen molar-refractivity contribution in [2.45, 2.75) is 38.1 Å². The van der Waals surface area contributed by atoms with Crippen molar-refractivity contribution in [3.63, 3.8) is 0 Å². The number of benzene rings is 1. The summed E-state index contributed by atoms with van der Waals surface area (Å²) in [6, 6.07) is 8.58. The van der Waals surface area contributed by atoms with E-state index in [0.717, 1.165) is 36.3 Å². The Morgan fingerprint density at radius 2 is 1.89 bits per heavy atom. The minimum absolute atomic E-state index is 0.0872. The average molecular weight is 398 g/mol. The Balaban J connectivity index is 1.93. The van der Waals surface area contributed by atoms with E-state index in [4.69, 9.17) is 0 Å². The van der Waals surface area contributed by atoms with Gasteiger partial charge in [-0.05, 0) is 51.1 Å². The van der Waals surface area contributed by atoms with E-state index in [2.05, 4.69) is 41.0 Å². The second-order valence-corrected chi connectivity index (χ2v) is 6.93. The van der Waals surface area contributed by atoms with E-state index in [1.165, 1.54) is 0 Å². The van der Waals surface area contributed by atoms with E-state index >= 15 is 0 Å². The summed E-state index contributed by atoms with van der Waals surface area (Å²) in [5, 5.41) is 2.62. The molecule has 5 nitrogen and oxygen atoms in total. The molecule has 1 N–H and O–H groups in total. The maximum absolute atomic E-state index is 12.6. The van der Waals surface area contributed by atoms with Crippen LogP contribution >= 0.6 is 11.8 Å². The number of alkyl halides is 3. The van der Waals surface area contributed by atoms with Gasteiger partial charge in [0.15, 0.2) is 5.16 Å². The Hall–Kier alpha value is -2.29. The van der Waals surface area contributed by atoms with Crippen LogP contribution < -0.4 is 10.2 Å². The zero-order valence-corrected chi connectivity index (χ0v) is 16.1. The molecular formula is C18H21F3N4OS. The van der Waals surface area contributed by atoms with Gasteiger partial charge in [0.2, 0.25) is 5.91 Å². The van der Waals surface area contributed by atoms with Crippen LogP contribution in [0.4, 0.5) is 24.5 Å². The quantitative estimate of drug-likeness (QED) is 0.551. The highest BCUT2D eigenvalue weighted by Crippen LogP contribution is 2.28. The summed E-state index contributed by atoms with van der Waals surface area (Å²) in [4.78, 5) is 21.4. The molecule has 2 aromatic rings. The highest BCUT2D eigenvalue weighted by molar-refractivity contribution is 7.99. The van der Waals surface area contributed by atoms with Crippen molar-refractivity contribution in [1.29, 1.82) is 0 Å². The van der Waals surface area contributed by atoms with E-state index in [9.17, 15) is 18.0 Å². The second kappa shape index (κ2) is 9.07. The predicted molar refractivity (Wildman–Crippen MR) is 101 cm³/mol. The smallest absolute Gasteiger partial charge is 0.369 e. The number of nitrogens with zero attached hydrogens (tertiary/aromatic N) is 3. The molecule has 0 aliphatic carbocycles. The highest BCUT2D eigenvalue weighted by atomic mass is 32.2. The van der Waals surface area contributed by atoms with E-state index < -0.39 is 11.9 Å². The Kier molecular flexibility index (Phi) is 7.06. The molecule has 0 aliphatic rings. The zero-order valence-electron chi connectivity index (χ0n) is 15.2. The summed E-state index contributed by atoms with van der Waals surface area (Å²) in [6.07, 6.45) is -3.51. The molecule has 0 spiro atoms. The molecule has 0 aliphatic heterocycles. The maximum atomic E-state index is 12.6. The Labute approximate surface area is 160 Å². The lowest BCUT2D eigenvalue weighted by Crippen LogP contribution is -2.30. The van der Waals surface area contributed by atoms with Gasteiger partial charge in [-0.1, -0.05) is 11.8 Å². The van der Waals surface area contributed by atoms with Crippen molar-refractivity contribution in [3.05, 3.63) is 42.2 Å². The van der Waals surface area contributed by atoms with Gasteiger partial charge in [-0.3, -0.25) is 4.79 Å². The number of anilines is 2. The molecule has 0 bridgehead atoms. The van der Waals surface area contributed by atoms with Gasteiger partial charge in [0.25, 0.3) is 0 Å². The third-order valence-corrected chi connectivity index (χ3v) is 4.56. The van der Waals surface area contributed by atoms with Crippen LogP contribution in [0, 0.1) is 0 Å². The fourth-order valence-electron chi connectivity index (χ4n) is 2.48. The molecule has 1 aromatic carbocycles. The van der Waals surface area contributed by atoms with Gasteiger partial charge < -0.3 is 10.2 Å². The first kappa shape index (κ1) is 21.0. The summed E-state index contributed by atoms with van der Waals surface area (Å²) >= 11 is 0.851. The molecule has 0 atom stereocenters. The monoisotopic (exact) mass is 398 g/mol. The standard InChI is InChI=1S/C18H21F3N4OS/c1-4-25(12(2)3)14-7-5-13(6-8-14)23-16(26)11-27-17-22-10-9-15(24-17)18(19,20)21/h5-10,12H,4,11H2,1-3H3,(H,23,26). The van der Waals surface area contributed by atoms with Crippen molar-refractivity contribution < 1.29 is 18.0 Å². The first-order valence-corrected chi connectivity index (χ1v) is 9.39. The molecule has 1 heterocycles. The average Bonchev–Trinajstić information content (AvgIpc) is 2.61. The summed E-state index contributed by atoms with van der Waals surface area (Å²) in [6.45, 7) is 7.15. The number of aromatic nitrogens is 2. The normalized spacial score (nSPS) is 11.5. The van der Waals surface area contributed by atoms with Crippen LogP contribution in [-0.2, 0) is 11.0 Å². The number of thioether (sulfide) groups is 1. The molecular weight excluding hydrogens is 377 g/mol. The maximum Gasteiger partial charge on any atom is 0.433 e. The van der Waals surface area contributed by atoms with Gasteiger partial charge in [-0.15, -0.1) is 0 Å². The molecule has 0 saturated heterocycles. The van der Waals surface area contributed by atoms with Crippen LogP contribution in [0.15, 0.2) is 41.7 Å². The molecule has 0 radical (unpaired) electrons. The fraction of sp³-hybridized carbons (Fsp3) is 0.389. The van der Waals surface area contributed by atoms with Gasteiger partial charge in [0, 0.05) is 30.2 Å². The molecule has 27 heavy (non-hydrogen) atoms. The minimum atomic E-state index is -4.54. The van der Waals surface area contributed by atoms with E-state index in [1.807, 2.05) is 12.1 Å². The molecule has 2 rings (SSSR count). The van der Waals surface area contributed by atoms with Crippen LogP contribution in [0.2, 0.25) is 0 Å². The van der Waals surface area contributed by atoms with Crippen LogP contribution in [0.5, 0.6) is 0 Å². The van der Waals surface area contributed by atoms with E-state index in [-0.39, 0.29) is 16.8 Å². The topological polar surface area (TPSA) is 58.1 Å². The third-order valence-electron chi connectivity index (χ3n) is 3.70. The number of rotatable bonds is 7. The predicted octanol–water partition coefficient (Wildman–Crippen LogP) is 4.46. The Bertz CT molecular complexity index is 766. The van der Waals surface area contributed by atoms with E-state index in [0.29, 0.717) is 11.7 Å². The zero-order chi connectivity index (χ0) is 20.0. The largest absolute Gasteiger partial charge is 0.433 e. The molecule has 1 amide bonds. The number of hydrogen-bond donors (Lipinski definition) is 1. The number of carbonyl (C=O) groups excluding carboxylic acids is 1.